The third kappa shape index (κ3) is 4.19. The van der Waals surface area contributed by atoms with E-state index in [1.807, 2.05) is 11.3 Å². The summed E-state index contributed by atoms with van der Waals surface area (Å²) in [7, 11) is 0. The molecule has 1 heterocycles. The summed E-state index contributed by atoms with van der Waals surface area (Å²) in [5, 5.41) is 2.69. The van der Waals surface area contributed by atoms with Gasteiger partial charge in [0.1, 0.15) is 0 Å². The van der Waals surface area contributed by atoms with Crippen molar-refractivity contribution < 1.29 is 0 Å². The number of fused-ring (bicyclic) bond motifs is 9. The fraction of sp³-hybridized carbons (Fsp3) is 0.172. The maximum atomic E-state index is 2.56. The maximum Gasteiger partial charge on any atom is 0.0713 e. The van der Waals surface area contributed by atoms with E-state index in [0.717, 1.165) is 23.7 Å². The predicted molar refractivity (Wildman–Crippen MR) is 246 cm³/mol. The van der Waals surface area contributed by atoms with E-state index < -0.39 is 5.41 Å². The Morgan fingerprint density at radius 3 is 1.63 bits per heavy atom. The van der Waals surface area contributed by atoms with Crippen LogP contribution in [0.1, 0.15) is 59.1 Å². The second-order valence-corrected chi connectivity index (χ2v) is 19.4. The Morgan fingerprint density at radius 1 is 0.390 bits per heavy atom. The van der Waals surface area contributed by atoms with Gasteiger partial charge >= 0.3 is 0 Å². The van der Waals surface area contributed by atoms with Crippen LogP contribution in [0.2, 0.25) is 0 Å². The normalized spacial score (nSPS) is 23.5. The van der Waals surface area contributed by atoms with E-state index in [2.05, 4.69) is 182 Å². The molecule has 0 nitrogen and oxygen atoms in total. The fourth-order valence-corrected chi connectivity index (χ4v) is 15.1. The van der Waals surface area contributed by atoms with Crippen LogP contribution in [0.15, 0.2) is 182 Å². The minimum atomic E-state index is -0.404. The summed E-state index contributed by atoms with van der Waals surface area (Å²) in [5.41, 5.74) is 19.2. The van der Waals surface area contributed by atoms with Gasteiger partial charge in [0.25, 0.3) is 0 Å². The lowest BCUT2D eigenvalue weighted by Crippen LogP contribution is -2.40. The van der Waals surface area contributed by atoms with E-state index >= 15 is 0 Å². The van der Waals surface area contributed by atoms with Crippen molar-refractivity contribution in [3.05, 3.63) is 215 Å². The first-order chi connectivity index (χ1) is 29.2. The summed E-state index contributed by atoms with van der Waals surface area (Å²) in [6, 6.07) is 69.8. The summed E-state index contributed by atoms with van der Waals surface area (Å²) >= 11 is 1.93. The molecule has 0 aliphatic heterocycles. The van der Waals surface area contributed by atoms with Crippen LogP contribution in [0.3, 0.4) is 0 Å². The van der Waals surface area contributed by atoms with Crippen LogP contribution in [0.5, 0.6) is 0 Å². The topological polar surface area (TPSA) is 0 Å². The molecular weight excluding hydrogens is 729 g/mol. The van der Waals surface area contributed by atoms with Gasteiger partial charge in [0.2, 0.25) is 0 Å². The second-order valence-electron chi connectivity index (χ2n) is 18.4. The Bertz CT molecular complexity index is 3160. The van der Waals surface area contributed by atoms with Gasteiger partial charge in [-0.05, 0) is 152 Å². The molecule has 1 aromatic heterocycles. The molecule has 5 atom stereocenters. The van der Waals surface area contributed by atoms with Crippen molar-refractivity contribution in [3.8, 4) is 44.5 Å². The van der Waals surface area contributed by atoms with Crippen LogP contribution in [0.4, 0.5) is 0 Å². The Morgan fingerprint density at radius 2 is 0.932 bits per heavy atom. The van der Waals surface area contributed by atoms with Gasteiger partial charge in [-0.25, -0.2) is 0 Å². The molecule has 6 aliphatic rings. The summed E-state index contributed by atoms with van der Waals surface area (Å²) in [6.07, 6.45) is 5.77. The van der Waals surface area contributed by atoms with Gasteiger partial charge < -0.3 is 0 Å². The van der Waals surface area contributed by atoms with E-state index in [4.69, 9.17) is 0 Å². The first kappa shape index (κ1) is 32.9. The highest BCUT2D eigenvalue weighted by atomic mass is 32.1. The summed E-state index contributed by atoms with van der Waals surface area (Å²) < 4.78 is 2.69. The van der Waals surface area contributed by atoms with Crippen molar-refractivity contribution in [1.29, 1.82) is 0 Å². The zero-order valence-electron chi connectivity index (χ0n) is 32.9. The zero-order valence-corrected chi connectivity index (χ0v) is 33.7. The standard InChI is InChI=1S/C58H42S/c1-3-11-41(12-4-1)57(42-13-5-2-6-14-42)50-17-9-7-15-44(50)46-23-19-37(32-54(46)57)39-21-25-48-47-24-20-38(33-55(47)59-56(48)34-39)36-22-26-52-49(31-36)45-16-8-10-18-51(45)58(52)43-28-35-27-40(30-43)53(58)29-35/h1-26,31-35,40,43,53H,27-30H2. The Labute approximate surface area is 349 Å². The lowest BCUT2D eigenvalue weighted by Gasteiger charge is -2.43. The van der Waals surface area contributed by atoms with E-state index in [0.29, 0.717) is 0 Å². The van der Waals surface area contributed by atoms with E-state index in [9.17, 15) is 0 Å². The molecule has 0 amide bonds. The minimum absolute atomic E-state index is 0.239. The zero-order chi connectivity index (χ0) is 38.5. The highest BCUT2D eigenvalue weighted by Crippen LogP contribution is 2.73. The largest absolute Gasteiger partial charge is 0.135 e. The smallest absolute Gasteiger partial charge is 0.0713 e. The van der Waals surface area contributed by atoms with Crippen molar-refractivity contribution in [3.63, 3.8) is 0 Å². The quantitative estimate of drug-likeness (QED) is 0.167. The molecule has 0 saturated heterocycles. The Kier molecular flexibility index (Phi) is 6.58. The van der Waals surface area contributed by atoms with Crippen molar-refractivity contribution in [1.82, 2.24) is 0 Å². The molecule has 4 saturated carbocycles. The molecule has 15 rings (SSSR count). The van der Waals surface area contributed by atoms with Gasteiger partial charge in [0.05, 0.1) is 5.41 Å². The highest BCUT2D eigenvalue weighted by molar-refractivity contribution is 7.25. The van der Waals surface area contributed by atoms with Gasteiger partial charge in [-0.1, -0.05) is 158 Å². The molecule has 4 bridgehead atoms. The summed E-state index contributed by atoms with van der Waals surface area (Å²) in [6.45, 7) is 0. The molecule has 4 fully saturated rings. The summed E-state index contributed by atoms with van der Waals surface area (Å²) in [5.74, 6) is 3.52. The lowest BCUT2D eigenvalue weighted by atomic mass is 9.59. The summed E-state index contributed by atoms with van der Waals surface area (Å²) in [4.78, 5) is 0. The molecule has 6 aliphatic carbocycles. The third-order valence-electron chi connectivity index (χ3n) is 16.0. The van der Waals surface area contributed by atoms with Crippen LogP contribution in [-0.2, 0) is 10.8 Å². The maximum absolute atomic E-state index is 2.56. The number of hydrogen-bond donors (Lipinski definition) is 0. The molecule has 5 unspecified atom stereocenters. The number of hydrogen-bond acceptors (Lipinski definition) is 1. The average Bonchev–Trinajstić information content (AvgIpc) is 4.04. The van der Waals surface area contributed by atoms with Gasteiger partial charge in [-0.3, -0.25) is 0 Å². The van der Waals surface area contributed by atoms with Crippen LogP contribution in [0.25, 0.3) is 64.7 Å². The highest BCUT2D eigenvalue weighted by Gasteiger charge is 2.65. The number of thiophene rings is 1. The average molecular weight is 771 g/mol. The molecule has 1 heteroatoms. The van der Waals surface area contributed by atoms with Crippen LogP contribution in [0, 0.1) is 23.7 Å². The van der Waals surface area contributed by atoms with Crippen LogP contribution in [-0.4, -0.2) is 0 Å². The van der Waals surface area contributed by atoms with E-state index in [1.54, 1.807) is 11.1 Å². The van der Waals surface area contributed by atoms with Crippen LogP contribution >= 0.6 is 11.3 Å². The monoisotopic (exact) mass is 770 g/mol. The molecule has 0 radical (unpaired) electrons. The minimum Gasteiger partial charge on any atom is -0.135 e. The molecular formula is C58H42S. The molecule has 9 aromatic rings. The molecule has 280 valence electrons. The van der Waals surface area contributed by atoms with Gasteiger partial charge in [-0.15, -0.1) is 11.3 Å². The van der Waals surface area contributed by atoms with Crippen LogP contribution < -0.4 is 0 Å². The van der Waals surface area contributed by atoms with Gasteiger partial charge in [0.15, 0.2) is 0 Å². The first-order valence-corrected chi connectivity index (χ1v) is 22.6. The van der Waals surface area contributed by atoms with Crippen molar-refractivity contribution in [2.45, 2.75) is 36.5 Å². The predicted octanol–water partition coefficient (Wildman–Crippen LogP) is 15.1. The van der Waals surface area contributed by atoms with Crippen molar-refractivity contribution in [2.24, 2.45) is 23.7 Å². The first-order valence-electron chi connectivity index (χ1n) is 21.8. The molecule has 1 spiro atoms. The third-order valence-corrected chi connectivity index (χ3v) is 17.1. The SMILES string of the molecule is c1ccc(C2(c3ccccc3)c3ccccc3-c3ccc(-c4ccc5c(c4)sc4cc(-c6ccc7c(c6)-c6ccccc6C76C7CC8CC(C7)C6C8)ccc45)cc32)cc1. The second kappa shape index (κ2) is 11.8. The van der Waals surface area contributed by atoms with Crippen molar-refractivity contribution >= 4 is 31.5 Å². The van der Waals surface area contributed by atoms with E-state index in [1.165, 1.54) is 113 Å². The van der Waals surface area contributed by atoms with E-state index in [-0.39, 0.29) is 5.41 Å². The Hall–Kier alpha value is -6.02. The number of benzene rings is 8. The lowest BCUT2D eigenvalue weighted by molar-refractivity contribution is 0.191. The molecule has 8 aromatic carbocycles. The van der Waals surface area contributed by atoms with Gasteiger partial charge in [-0.2, -0.15) is 0 Å². The Balaban J connectivity index is 0.872. The molecule has 0 N–H and O–H groups in total. The number of rotatable bonds is 4. The van der Waals surface area contributed by atoms with Gasteiger partial charge in [0, 0.05) is 25.6 Å². The van der Waals surface area contributed by atoms with Crippen molar-refractivity contribution in [2.75, 3.05) is 0 Å². The fourth-order valence-electron chi connectivity index (χ4n) is 13.9. The molecule has 59 heavy (non-hydrogen) atoms.